The number of anilines is 1. The van der Waals surface area contributed by atoms with Gasteiger partial charge in [0.25, 0.3) is 0 Å². The third-order valence-electron chi connectivity index (χ3n) is 3.98. The predicted molar refractivity (Wildman–Crippen MR) is 107 cm³/mol. The maximum atomic E-state index is 6.01. The minimum absolute atomic E-state index is 0.481. The smallest absolute Gasteiger partial charge is 0.242 e. The van der Waals surface area contributed by atoms with Crippen LogP contribution < -0.4 is 14.8 Å². The van der Waals surface area contributed by atoms with Gasteiger partial charge in [-0.15, -0.1) is 0 Å². The summed E-state index contributed by atoms with van der Waals surface area (Å²) >= 11 is 3.62. The zero-order valence-electron chi connectivity index (χ0n) is 15.6. The summed E-state index contributed by atoms with van der Waals surface area (Å²) in [5.74, 6) is 2.01. The number of hydrogen-bond donors (Lipinski definition) is 1. The lowest BCUT2D eigenvalue weighted by Gasteiger charge is -2.15. The average Bonchev–Trinajstić information content (AvgIpc) is 3.07. The first-order valence-electron chi connectivity index (χ1n) is 8.66. The number of halogens is 1. The molecule has 1 N–H and O–H groups in total. The Labute approximate surface area is 166 Å². The second-order valence-corrected chi connectivity index (χ2v) is 6.93. The van der Waals surface area contributed by atoms with E-state index in [0.29, 0.717) is 37.2 Å². The normalized spacial score (nSPS) is 10.7. The first-order valence-corrected chi connectivity index (χ1v) is 9.46. The Morgan fingerprint density at radius 3 is 2.52 bits per heavy atom. The standard InChI is InChI=1S/C19H22BrN5O2/c1-4-26-17-9-15(11-21-19-22-23-24-25(19)3)16(20)10-18(17)27-12-14-7-5-13(2)6-8-14/h5-10H,4,11-12H2,1-3H3,(H,21,22,24). The molecule has 0 amide bonds. The van der Waals surface area contributed by atoms with Crippen LogP contribution >= 0.6 is 15.9 Å². The van der Waals surface area contributed by atoms with Crippen LogP contribution in [0.3, 0.4) is 0 Å². The fraction of sp³-hybridized carbons (Fsp3) is 0.316. The summed E-state index contributed by atoms with van der Waals surface area (Å²) in [4.78, 5) is 0. The molecular formula is C19H22BrN5O2. The van der Waals surface area contributed by atoms with Crippen LogP contribution in [0.15, 0.2) is 40.9 Å². The number of aryl methyl sites for hydroxylation is 2. The minimum Gasteiger partial charge on any atom is -0.490 e. The van der Waals surface area contributed by atoms with Crippen LogP contribution in [0.5, 0.6) is 11.5 Å². The van der Waals surface area contributed by atoms with Gasteiger partial charge in [0, 0.05) is 18.1 Å². The third-order valence-corrected chi connectivity index (χ3v) is 4.72. The zero-order chi connectivity index (χ0) is 19.2. The third kappa shape index (κ3) is 4.97. The van der Waals surface area contributed by atoms with E-state index in [1.807, 2.05) is 19.1 Å². The Morgan fingerprint density at radius 2 is 1.85 bits per heavy atom. The number of benzene rings is 2. The van der Waals surface area contributed by atoms with E-state index in [-0.39, 0.29) is 0 Å². The van der Waals surface area contributed by atoms with Crippen molar-refractivity contribution in [1.82, 2.24) is 20.2 Å². The Bertz CT molecular complexity index is 896. The Kier molecular flexibility index (Phi) is 6.28. The Hall–Kier alpha value is -2.61. The van der Waals surface area contributed by atoms with Gasteiger partial charge in [-0.1, -0.05) is 50.9 Å². The van der Waals surface area contributed by atoms with E-state index >= 15 is 0 Å². The van der Waals surface area contributed by atoms with E-state index in [9.17, 15) is 0 Å². The molecule has 27 heavy (non-hydrogen) atoms. The van der Waals surface area contributed by atoms with Crippen molar-refractivity contribution in [3.63, 3.8) is 0 Å². The number of nitrogens with zero attached hydrogens (tertiary/aromatic N) is 4. The van der Waals surface area contributed by atoms with E-state index in [4.69, 9.17) is 9.47 Å². The van der Waals surface area contributed by atoms with Gasteiger partial charge < -0.3 is 14.8 Å². The molecule has 0 aliphatic heterocycles. The maximum Gasteiger partial charge on any atom is 0.242 e. The monoisotopic (exact) mass is 431 g/mol. The number of rotatable bonds is 8. The molecule has 0 aliphatic rings. The molecule has 0 spiro atoms. The highest BCUT2D eigenvalue weighted by Crippen LogP contribution is 2.34. The van der Waals surface area contributed by atoms with Gasteiger partial charge in [-0.3, -0.25) is 0 Å². The molecule has 8 heteroatoms. The van der Waals surface area contributed by atoms with Crippen LogP contribution in [0.2, 0.25) is 0 Å². The van der Waals surface area contributed by atoms with E-state index < -0.39 is 0 Å². The summed E-state index contributed by atoms with van der Waals surface area (Å²) in [7, 11) is 1.78. The zero-order valence-corrected chi connectivity index (χ0v) is 17.2. The summed E-state index contributed by atoms with van der Waals surface area (Å²) in [5.41, 5.74) is 3.36. The van der Waals surface area contributed by atoms with Crippen LogP contribution in [0.1, 0.15) is 23.6 Å². The van der Waals surface area contributed by atoms with Gasteiger partial charge in [0.1, 0.15) is 6.61 Å². The molecule has 0 fully saturated rings. The fourth-order valence-corrected chi connectivity index (χ4v) is 2.96. The van der Waals surface area contributed by atoms with E-state index in [2.05, 4.69) is 68.0 Å². The van der Waals surface area contributed by atoms with Crippen molar-refractivity contribution in [1.29, 1.82) is 0 Å². The van der Waals surface area contributed by atoms with Gasteiger partial charge in [0.2, 0.25) is 5.95 Å². The number of ether oxygens (including phenoxy) is 2. The van der Waals surface area contributed by atoms with Crippen molar-refractivity contribution < 1.29 is 9.47 Å². The lowest BCUT2D eigenvalue weighted by atomic mass is 10.1. The molecule has 0 atom stereocenters. The van der Waals surface area contributed by atoms with Crippen LogP contribution in [-0.2, 0) is 20.2 Å². The number of aromatic nitrogens is 4. The van der Waals surface area contributed by atoms with Gasteiger partial charge in [-0.2, -0.15) is 0 Å². The van der Waals surface area contributed by atoms with Crippen molar-refractivity contribution in [3.8, 4) is 11.5 Å². The molecule has 1 aromatic heterocycles. The Balaban J connectivity index is 1.74. The summed E-state index contributed by atoms with van der Waals surface area (Å²) in [5, 5.41) is 14.6. The van der Waals surface area contributed by atoms with Crippen molar-refractivity contribution >= 4 is 21.9 Å². The second-order valence-electron chi connectivity index (χ2n) is 6.08. The summed E-state index contributed by atoms with van der Waals surface area (Å²) in [6.45, 7) is 5.61. The molecular weight excluding hydrogens is 410 g/mol. The first kappa shape index (κ1) is 19.2. The molecule has 0 radical (unpaired) electrons. The van der Waals surface area contributed by atoms with Crippen LogP contribution in [0, 0.1) is 6.92 Å². The van der Waals surface area contributed by atoms with Crippen molar-refractivity contribution in [2.45, 2.75) is 27.0 Å². The number of hydrogen-bond acceptors (Lipinski definition) is 6. The number of nitrogens with one attached hydrogen (secondary N) is 1. The van der Waals surface area contributed by atoms with Crippen LogP contribution in [0.4, 0.5) is 5.95 Å². The second kappa shape index (κ2) is 8.85. The molecule has 7 nitrogen and oxygen atoms in total. The van der Waals surface area contributed by atoms with Gasteiger partial charge in [0.15, 0.2) is 11.5 Å². The van der Waals surface area contributed by atoms with E-state index in [0.717, 1.165) is 15.6 Å². The summed E-state index contributed by atoms with van der Waals surface area (Å²) in [6, 6.07) is 12.2. The van der Waals surface area contributed by atoms with Gasteiger partial charge in [-0.05, 0) is 47.5 Å². The molecule has 2 aromatic carbocycles. The van der Waals surface area contributed by atoms with Crippen molar-refractivity contribution in [3.05, 3.63) is 57.6 Å². The van der Waals surface area contributed by atoms with Gasteiger partial charge >= 0.3 is 0 Å². The minimum atomic E-state index is 0.481. The quantitative estimate of drug-likeness (QED) is 0.583. The topological polar surface area (TPSA) is 74.1 Å². The molecule has 142 valence electrons. The van der Waals surface area contributed by atoms with Crippen LogP contribution in [0.25, 0.3) is 0 Å². The molecule has 0 saturated carbocycles. The van der Waals surface area contributed by atoms with Crippen LogP contribution in [-0.4, -0.2) is 26.8 Å². The average molecular weight is 432 g/mol. The fourth-order valence-electron chi connectivity index (χ4n) is 2.49. The van der Waals surface area contributed by atoms with E-state index in [1.165, 1.54) is 5.56 Å². The highest BCUT2D eigenvalue weighted by Gasteiger charge is 2.12. The molecule has 3 rings (SSSR count). The lowest BCUT2D eigenvalue weighted by Crippen LogP contribution is -2.07. The SMILES string of the molecule is CCOc1cc(CNc2nnnn2C)c(Br)cc1OCc1ccc(C)cc1. The van der Waals surface area contributed by atoms with Gasteiger partial charge in [0.05, 0.1) is 6.61 Å². The molecule has 0 unspecified atom stereocenters. The molecule has 3 aromatic rings. The van der Waals surface area contributed by atoms with Crippen molar-refractivity contribution in [2.75, 3.05) is 11.9 Å². The summed E-state index contributed by atoms with van der Waals surface area (Å²) in [6.07, 6.45) is 0. The molecule has 0 bridgehead atoms. The summed E-state index contributed by atoms with van der Waals surface area (Å²) < 4.78 is 14.3. The van der Waals surface area contributed by atoms with E-state index in [1.54, 1.807) is 11.7 Å². The van der Waals surface area contributed by atoms with Gasteiger partial charge in [-0.25, -0.2) is 4.68 Å². The molecule has 0 saturated heterocycles. The lowest BCUT2D eigenvalue weighted by molar-refractivity contribution is 0.269. The largest absolute Gasteiger partial charge is 0.490 e. The molecule has 0 aliphatic carbocycles. The highest BCUT2D eigenvalue weighted by molar-refractivity contribution is 9.10. The predicted octanol–water partition coefficient (Wildman–Crippen LogP) is 3.87. The Morgan fingerprint density at radius 1 is 1.11 bits per heavy atom. The number of tetrazole rings is 1. The first-order chi connectivity index (χ1) is 13.1. The van der Waals surface area contributed by atoms with Crippen molar-refractivity contribution in [2.24, 2.45) is 7.05 Å². The highest BCUT2D eigenvalue weighted by atomic mass is 79.9. The maximum absolute atomic E-state index is 6.01. The molecule has 1 heterocycles.